The quantitative estimate of drug-likeness (QED) is 0.0376. The number of guanidine groups is 1. The summed E-state index contributed by atoms with van der Waals surface area (Å²) < 4.78 is 0. The molecule has 1 heterocycles. The molecule has 306 valence electrons. The third kappa shape index (κ3) is 14.2. The standard InChI is InChI=1S/C38H56N10O8/c1-22(2)18-28(32(40)51)45-34(53)27(10-6-16-43-38(41)42)44-36(55)31-11-7-17-48(31)37(56)30(21-49)47-35(54)29(20-23-8-4-3-5-9-23)46-33(52)26(39)19-24-12-14-25(50)15-13-24/h3-5,8-9,12-15,22,26-31,49-50H,6-7,10-11,16-21,39H2,1-2H3,(H2,40,51)(H,44,55)(H,45,53)(H,46,52)(H,47,54)(H4,41,42,43). The Hall–Kier alpha value is -5.75. The topological polar surface area (TPSA) is 311 Å². The van der Waals surface area contributed by atoms with Crippen molar-refractivity contribution in [1.29, 1.82) is 0 Å². The van der Waals surface area contributed by atoms with Gasteiger partial charge >= 0.3 is 0 Å². The van der Waals surface area contributed by atoms with Crippen molar-refractivity contribution in [2.24, 2.45) is 33.8 Å². The Morgan fingerprint density at radius 1 is 0.804 bits per heavy atom. The summed E-state index contributed by atoms with van der Waals surface area (Å²) in [6.07, 6.45) is 1.45. The van der Waals surface area contributed by atoms with Crippen molar-refractivity contribution < 1.29 is 39.0 Å². The highest BCUT2D eigenvalue weighted by molar-refractivity contribution is 5.97. The van der Waals surface area contributed by atoms with E-state index in [0.717, 1.165) is 0 Å². The number of primary amides is 1. The maximum absolute atomic E-state index is 13.9. The molecule has 2 aromatic carbocycles. The molecule has 0 aromatic heterocycles. The van der Waals surface area contributed by atoms with Gasteiger partial charge in [0.15, 0.2) is 5.96 Å². The second kappa shape index (κ2) is 22.0. The number of rotatable bonds is 21. The van der Waals surface area contributed by atoms with Crippen LogP contribution in [0.2, 0.25) is 0 Å². The molecule has 0 radical (unpaired) electrons. The number of amides is 6. The minimum atomic E-state index is -1.48. The van der Waals surface area contributed by atoms with Crippen molar-refractivity contribution >= 4 is 41.4 Å². The molecule has 2 aromatic rings. The van der Waals surface area contributed by atoms with Crippen molar-refractivity contribution in [3.63, 3.8) is 0 Å². The molecular formula is C38H56N10O8. The third-order valence-electron chi connectivity index (χ3n) is 9.23. The molecule has 1 fully saturated rings. The summed E-state index contributed by atoms with van der Waals surface area (Å²) >= 11 is 0. The Bertz CT molecular complexity index is 1670. The van der Waals surface area contributed by atoms with E-state index in [1.165, 1.54) is 17.0 Å². The van der Waals surface area contributed by atoms with Gasteiger partial charge in [-0.3, -0.25) is 33.8 Å². The molecule has 0 bridgehead atoms. The van der Waals surface area contributed by atoms with E-state index in [1.807, 2.05) is 13.8 Å². The minimum absolute atomic E-state index is 0.0276. The van der Waals surface area contributed by atoms with E-state index < -0.39 is 78.3 Å². The van der Waals surface area contributed by atoms with Crippen LogP contribution in [-0.2, 0) is 41.6 Å². The first-order valence-corrected chi connectivity index (χ1v) is 18.6. The Morgan fingerprint density at radius 3 is 2.02 bits per heavy atom. The summed E-state index contributed by atoms with van der Waals surface area (Å²) in [6, 6.07) is 8.11. The van der Waals surface area contributed by atoms with Crippen LogP contribution in [-0.4, -0.2) is 112 Å². The van der Waals surface area contributed by atoms with Gasteiger partial charge in [-0.2, -0.15) is 0 Å². The highest BCUT2D eigenvalue weighted by Crippen LogP contribution is 2.20. The van der Waals surface area contributed by atoms with Crippen LogP contribution < -0.4 is 44.2 Å². The fourth-order valence-corrected chi connectivity index (χ4v) is 6.31. The zero-order valence-corrected chi connectivity index (χ0v) is 31.9. The van der Waals surface area contributed by atoms with Crippen LogP contribution in [0, 0.1) is 5.92 Å². The second-order valence-electron chi connectivity index (χ2n) is 14.3. The Balaban J connectivity index is 1.75. The first kappa shape index (κ1) is 44.6. The first-order chi connectivity index (χ1) is 26.6. The predicted molar refractivity (Wildman–Crippen MR) is 208 cm³/mol. The van der Waals surface area contributed by atoms with Crippen LogP contribution >= 0.6 is 0 Å². The number of carbonyl (C=O) groups is 6. The summed E-state index contributed by atoms with van der Waals surface area (Å²) in [5.41, 5.74) is 23.9. The van der Waals surface area contributed by atoms with Crippen LogP contribution in [0.1, 0.15) is 57.1 Å². The lowest BCUT2D eigenvalue weighted by Gasteiger charge is -2.30. The number of carbonyl (C=O) groups excluding carboxylic acids is 6. The van der Waals surface area contributed by atoms with Gasteiger partial charge in [0, 0.05) is 19.5 Å². The number of nitrogens with zero attached hydrogens (tertiary/aromatic N) is 2. The van der Waals surface area contributed by atoms with Gasteiger partial charge in [-0.05, 0) is 67.7 Å². The van der Waals surface area contributed by atoms with Crippen molar-refractivity contribution in [2.45, 2.75) is 95.0 Å². The molecule has 6 unspecified atom stereocenters. The molecule has 56 heavy (non-hydrogen) atoms. The van der Waals surface area contributed by atoms with Crippen LogP contribution in [0.25, 0.3) is 0 Å². The van der Waals surface area contributed by atoms with Crippen molar-refractivity contribution in [3.8, 4) is 5.75 Å². The average molecular weight is 781 g/mol. The van der Waals surface area contributed by atoms with Gasteiger partial charge in [0.1, 0.15) is 36.0 Å². The number of hydrogen-bond donors (Lipinski definition) is 10. The molecule has 0 spiro atoms. The fraction of sp³-hybridized carbons (Fsp3) is 0.500. The molecular weight excluding hydrogens is 724 g/mol. The number of hydrogen-bond acceptors (Lipinski definition) is 10. The maximum atomic E-state index is 13.9. The molecule has 1 saturated heterocycles. The smallest absolute Gasteiger partial charge is 0.248 e. The predicted octanol–water partition coefficient (Wildman–Crippen LogP) is -1.99. The van der Waals surface area contributed by atoms with E-state index in [-0.39, 0.29) is 69.2 Å². The normalized spacial score (nSPS) is 16.4. The summed E-state index contributed by atoms with van der Waals surface area (Å²) in [5.74, 6) is -4.25. The van der Waals surface area contributed by atoms with Crippen LogP contribution in [0.3, 0.4) is 0 Å². The fourth-order valence-electron chi connectivity index (χ4n) is 6.31. The number of phenols is 1. The van der Waals surface area contributed by atoms with Gasteiger partial charge in [0.2, 0.25) is 35.4 Å². The first-order valence-electron chi connectivity index (χ1n) is 18.6. The minimum Gasteiger partial charge on any atom is -0.508 e. The van der Waals surface area contributed by atoms with Gasteiger partial charge in [-0.1, -0.05) is 56.3 Å². The molecule has 6 amide bonds. The highest BCUT2D eigenvalue weighted by Gasteiger charge is 2.39. The molecule has 6 atom stereocenters. The number of nitrogens with one attached hydrogen (secondary N) is 4. The van der Waals surface area contributed by atoms with Gasteiger partial charge in [-0.15, -0.1) is 0 Å². The van der Waals surface area contributed by atoms with E-state index in [4.69, 9.17) is 22.9 Å². The number of aliphatic imine (C=N–C) groups is 1. The van der Waals surface area contributed by atoms with Crippen molar-refractivity contribution in [3.05, 3.63) is 65.7 Å². The van der Waals surface area contributed by atoms with E-state index in [9.17, 15) is 39.0 Å². The van der Waals surface area contributed by atoms with Crippen LogP contribution in [0.4, 0.5) is 0 Å². The molecule has 0 saturated carbocycles. The van der Waals surface area contributed by atoms with Crippen LogP contribution in [0.5, 0.6) is 5.75 Å². The van der Waals surface area contributed by atoms with Crippen molar-refractivity contribution in [2.75, 3.05) is 19.7 Å². The molecule has 18 heteroatoms. The maximum Gasteiger partial charge on any atom is 0.248 e. The van der Waals surface area contributed by atoms with E-state index in [2.05, 4.69) is 26.3 Å². The molecule has 14 N–H and O–H groups in total. The Kier molecular flexibility index (Phi) is 17.5. The van der Waals surface area contributed by atoms with Crippen molar-refractivity contribution in [1.82, 2.24) is 26.2 Å². The zero-order valence-electron chi connectivity index (χ0n) is 31.9. The number of aromatic hydroxyl groups is 1. The lowest BCUT2D eigenvalue weighted by molar-refractivity contribution is -0.143. The SMILES string of the molecule is CC(C)CC(NC(=O)C(CCCN=C(N)N)NC(=O)C1CCCN1C(=O)C(CO)NC(=O)C(Cc1ccccc1)NC(=O)C(N)Cc1ccc(O)cc1)C(N)=O. The zero-order chi connectivity index (χ0) is 41.4. The van der Waals surface area contributed by atoms with Gasteiger partial charge < -0.3 is 59.3 Å². The number of nitrogens with two attached hydrogens (primary N) is 4. The summed E-state index contributed by atoms with van der Waals surface area (Å²) in [5, 5.41) is 30.4. The van der Waals surface area contributed by atoms with Gasteiger partial charge in [0.25, 0.3) is 0 Å². The number of likely N-dealkylation sites (tertiary alicyclic amines) is 1. The summed E-state index contributed by atoms with van der Waals surface area (Å²) in [7, 11) is 0. The molecule has 3 rings (SSSR count). The van der Waals surface area contributed by atoms with E-state index in [1.54, 1.807) is 42.5 Å². The highest BCUT2D eigenvalue weighted by atomic mass is 16.3. The van der Waals surface area contributed by atoms with E-state index >= 15 is 0 Å². The number of aliphatic hydroxyl groups excluding tert-OH is 1. The second-order valence-corrected chi connectivity index (χ2v) is 14.3. The van der Waals surface area contributed by atoms with Gasteiger partial charge in [0.05, 0.1) is 12.6 Å². The molecule has 18 nitrogen and oxygen atoms in total. The average Bonchev–Trinajstić information content (AvgIpc) is 3.65. The van der Waals surface area contributed by atoms with Crippen LogP contribution in [0.15, 0.2) is 59.6 Å². The lowest BCUT2D eigenvalue weighted by Crippen LogP contribution is -2.60. The monoisotopic (exact) mass is 780 g/mol. The molecule has 1 aliphatic rings. The largest absolute Gasteiger partial charge is 0.508 e. The number of phenolic OH excluding ortho intramolecular Hbond substituents is 1. The van der Waals surface area contributed by atoms with Gasteiger partial charge in [-0.25, -0.2) is 0 Å². The van der Waals surface area contributed by atoms with E-state index in [0.29, 0.717) is 17.5 Å². The number of aliphatic hydroxyl groups is 1. The molecule has 0 aliphatic carbocycles. The third-order valence-corrected chi connectivity index (χ3v) is 9.23. The lowest BCUT2D eigenvalue weighted by atomic mass is 10.0. The Labute approximate surface area is 326 Å². The molecule has 1 aliphatic heterocycles. The Morgan fingerprint density at radius 2 is 1.41 bits per heavy atom. The number of benzene rings is 2. The summed E-state index contributed by atoms with van der Waals surface area (Å²) in [4.78, 5) is 85.2. The summed E-state index contributed by atoms with van der Waals surface area (Å²) in [6.45, 7) is 3.19.